The fourth-order valence-electron chi connectivity index (χ4n) is 1.51. The standard InChI is InChI=1S/C13H11BrO2/c14-13-8-12(16)6-3-10(13)7-9-1-4-11(15)5-2-9/h1-6,8,15-16H,7H2. The van der Waals surface area contributed by atoms with Crippen molar-refractivity contribution in [2.24, 2.45) is 0 Å². The van der Waals surface area contributed by atoms with Gasteiger partial charge < -0.3 is 10.2 Å². The minimum atomic E-state index is 0.251. The number of hydrogen-bond donors (Lipinski definition) is 2. The predicted octanol–water partition coefficient (Wildman–Crippen LogP) is 3.45. The SMILES string of the molecule is Oc1ccc(Cc2ccc(O)cc2Br)cc1. The fraction of sp³-hybridized carbons (Fsp3) is 0.0769. The van der Waals surface area contributed by atoms with Gasteiger partial charge in [-0.15, -0.1) is 0 Å². The smallest absolute Gasteiger partial charge is 0.116 e. The average Bonchev–Trinajstić information content (AvgIpc) is 2.25. The first kappa shape index (κ1) is 11.0. The molecule has 2 rings (SSSR count). The van der Waals surface area contributed by atoms with Crippen LogP contribution in [-0.4, -0.2) is 10.2 Å². The molecule has 0 radical (unpaired) electrons. The highest BCUT2D eigenvalue weighted by atomic mass is 79.9. The summed E-state index contributed by atoms with van der Waals surface area (Å²) in [5, 5.41) is 18.4. The van der Waals surface area contributed by atoms with Crippen LogP contribution in [0.4, 0.5) is 0 Å². The number of halogens is 1. The van der Waals surface area contributed by atoms with E-state index in [4.69, 9.17) is 0 Å². The number of phenols is 2. The number of benzene rings is 2. The first-order valence-corrected chi connectivity index (χ1v) is 5.70. The van der Waals surface area contributed by atoms with E-state index in [2.05, 4.69) is 15.9 Å². The molecule has 3 heteroatoms. The normalized spacial score (nSPS) is 10.3. The summed E-state index contributed by atoms with van der Waals surface area (Å²) in [5.41, 5.74) is 2.22. The van der Waals surface area contributed by atoms with Crippen molar-refractivity contribution in [3.05, 3.63) is 58.1 Å². The van der Waals surface area contributed by atoms with E-state index >= 15 is 0 Å². The minimum Gasteiger partial charge on any atom is -0.508 e. The van der Waals surface area contributed by atoms with Gasteiger partial charge in [0.05, 0.1) is 0 Å². The van der Waals surface area contributed by atoms with Crippen molar-refractivity contribution in [2.75, 3.05) is 0 Å². The van der Waals surface area contributed by atoms with E-state index in [0.29, 0.717) is 0 Å². The summed E-state index contributed by atoms with van der Waals surface area (Å²) in [6.45, 7) is 0. The maximum atomic E-state index is 9.28. The van der Waals surface area contributed by atoms with Crippen molar-refractivity contribution >= 4 is 15.9 Å². The van der Waals surface area contributed by atoms with Gasteiger partial charge in [-0.3, -0.25) is 0 Å². The van der Waals surface area contributed by atoms with Gasteiger partial charge in [-0.25, -0.2) is 0 Å². The average molecular weight is 279 g/mol. The Morgan fingerprint density at radius 1 is 0.875 bits per heavy atom. The third-order valence-electron chi connectivity index (χ3n) is 2.37. The van der Waals surface area contributed by atoms with Gasteiger partial charge in [-0.05, 0) is 41.8 Å². The molecular weight excluding hydrogens is 268 g/mol. The van der Waals surface area contributed by atoms with Crippen molar-refractivity contribution in [1.82, 2.24) is 0 Å². The zero-order valence-electron chi connectivity index (χ0n) is 8.52. The van der Waals surface area contributed by atoms with Crippen molar-refractivity contribution < 1.29 is 10.2 Å². The Bertz CT molecular complexity index is 492. The molecule has 0 bridgehead atoms. The maximum absolute atomic E-state index is 9.28. The van der Waals surface area contributed by atoms with Crippen LogP contribution in [0.15, 0.2) is 46.9 Å². The van der Waals surface area contributed by atoms with Gasteiger partial charge in [-0.2, -0.15) is 0 Å². The lowest BCUT2D eigenvalue weighted by Crippen LogP contribution is -1.88. The Labute approximate surface area is 102 Å². The summed E-state index contributed by atoms with van der Waals surface area (Å²) < 4.78 is 0.889. The molecule has 0 aliphatic heterocycles. The van der Waals surface area contributed by atoms with Crippen LogP contribution in [0.25, 0.3) is 0 Å². The molecule has 0 saturated heterocycles. The molecule has 0 spiro atoms. The highest BCUT2D eigenvalue weighted by Gasteiger charge is 2.02. The van der Waals surface area contributed by atoms with Crippen molar-refractivity contribution in [1.29, 1.82) is 0 Å². The van der Waals surface area contributed by atoms with Gasteiger partial charge in [0.1, 0.15) is 11.5 Å². The van der Waals surface area contributed by atoms with Crippen LogP contribution in [0.1, 0.15) is 11.1 Å². The van der Waals surface area contributed by atoms with Gasteiger partial charge in [-0.1, -0.05) is 34.1 Å². The molecule has 0 atom stereocenters. The topological polar surface area (TPSA) is 40.5 Å². The molecule has 2 aromatic rings. The molecule has 2 nitrogen and oxygen atoms in total. The summed E-state index contributed by atoms with van der Waals surface area (Å²) in [5.74, 6) is 0.523. The molecule has 82 valence electrons. The van der Waals surface area contributed by atoms with Crippen LogP contribution in [0.5, 0.6) is 11.5 Å². The van der Waals surface area contributed by atoms with Crippen LogP contribution in [0, 0.1) is 0 Å². The second-order valence-corrected chi connectivity index (χ2v) is 4.47. The molecule has 0 amide bonds. The van der Waals surface area contributed by atoms with Crippen LogP contribution < -0.4 is 0 Å². The van der Waals surface area contributed by atoms with Crippen LogP contribution in [0.3, 0.4) is 0 Å². The Morgan fingerprint density at radius 3 is 2.12 bits per heavy atom. The number of rotatable bonds is 2. The lowest BCUT2D eigenvalue weighted by Gasteiger charge is -2.05. The molecule has 2 N–H and O–H groups in total. The summed E-state index contributed by atoms with van der Waals surface area (Å²) in [4.78, 5) is 0. The van der Waals surface area contributed by atoms with Gasteiger partial charge in [0.15, 0.2) is 0 Å². The minimum absolute atomic E-state index is 0.251. The molecule has 16 heavy (non-hydrogen) atoms. The van der Waals surface area contributed by atoms with Crippen LogP contribution >= 0.6 is 15.9 Å². The lowest BCUT2D eigenvalue weighted by molar-refractivity contribution is 0.474. The predicted molar refractivity (Wildman–Crippen MR) is 66.7 cm³/mol. The summed E-state index contributed by atoms with van der Waals surface area (Å²) in [6, 6.07) is 12.3. The molecule has 2 aromatic carbocycles. The van der Waals surface area contributed by atoms with Gasteiger partial charge in [0, 0.05) is 4.47 Å². The van der Waals surface area contributed by atoms with Crippen LogP contribution in [0.2, 0.25) is 0 Å². The third-order valence-corrected chi connectivity index (χ3v) is 3.11. The van der Waals surface area contributed by atoms with Gasteiger partial charge in [0.25, 0.3) is 0 Å². The molecule has 0 aromatic heterocycles. The van der Waals surface area contributed by atoms with Crippen molar-refractivity contribution in [3.63, 3.8) is 0 Å². The van der Waals surface area contributed by atoms with Crippen molar-refractivity contribution in [3.8, 4) is 11.5 Å². The number of phenolic OH excluding ortho intramolecular Hbond substituents is 2. The van der Waals surface area contributed by atoms with Gasteiger partial charge in [0.2, 0.25) is 0 Å². The van der Waals surface area contributed by atoms with E-state index in [9.17, 15) is 10.2 Å². The molecule has 0 heterocycles. The zero-order chi connectivity index (χ0) is 11.5. The van der Waals surface area contributed by atoms with E-state index in [1.54, 1.807) is 24.3 Å². The molecule has 0 fully saturated rings. The third kappa shape index (κ3) is 2.55. The first-order valence-electron chi connectivity index (χ1n) is 4.90. The van der Waals surface area contributed by atoms with Gasteiger partial charge >= 0.3 is 0 Å². The molecule has 0 unspecified atom stereocenters. The van der Waals surface area contributed by atoms with E-state index < -0.39 is 0 Å². The molecule has 0 aliphatic carbocycles. The van der Waals surface area contributed by atoms with E-state index in [0.717, 1.165) is 22.0 Å². The summed E-state index contributed by atoms with van der Waals surface area (Å²) in [6.07, 6.45) is 0.765. The Hall–Kier alpha value is -1.48. The largest absolute Gasteiger partial charge is 0.508 e. The van der Waals surface area contributed by atoms with Crippen LogP contribution in [-0.2, 0) is 6.42 Å². The summed E-state index contributed by atoms with van der Waals surface area (Å²) in [7, 11) is 0. The van der Waals surface area contributed by atoms with E-state index in [-0.39, 0.29) is 11.5 Å². The second-order valence-electron chi connectivity index (χ2n) is 3.62. The quantitative estimate of drug-likeness (QED) is 0.883. The summed E-state index contributed by atoms with van der Waals surface area (Å²) >= 11 is 3.41. The number of aromatic hydroxyl groups is 2. The Kier molecular flexibility index (Phi) is 3.15. The van der Waals surface area contributed by atoms with Crippen molar-refractivity contribution in [2.45, 2.75) is 6.42 Å². The second kappa shape index (κ2) is 4.58. The zero-order valence-corrected chi connectivity index (χ0v) is 10.1. The Balaban J connectivity index is 2.23. The number of hydrogen-bond acceptors (Lipinski definition) is 2. The molecular formula is C13H11BrO2. The monoisotopic (exact) mass is 278 g/mol. The Morgan fingerprint density at radius 2 is 1.50 bits per heavy atom. The fourth-order valence-corrected chi connectivity index (χ4v) is 2.02. The molecule has 0 aliphatic rings. The van der Waals surface area contributed by atoms with E-state index in [1.807, 2.05) is 18.2 Å². The first-order chi connectivity index (χ1) is 7.65. The lowest BCUT2D eigenvalue weighted by atomic mass is 10.0. The highest BCUT2D eigenvalue weighted by molar-refractivity contribution is 9.10. The maximum Gasteiger partial charge on any atom is 0.116 e. The van der Waals surface area contributed by atoms with E-state index in [1.165, 1.54) is 0 Å². The molecule has 0 saturated carbocycles. The highest BCUT2D eigenvalue weighted by Crippen LogP contribution is 2.24.